The van der Waals surface area contributed by atoms with Gasteiger partial charge in [0.05, 0.1) is 11.4 Å². The van der Waals surface area contributed by atoms with E-state index < -0.39 is 6.09 Å². The largest absolute Gasteiger partial charge is 0.443 e. The van der Waals surface area contributed by atoms with E-state index in [0.29, 0.717) is 21.8 Å². The number of para-hydroxylation sites is 1. The first kappa shape index (κ1) is 19.9. The number of nitrogens with one attached hydrogen (secondary N) is 1. The number of aromatic nitrogens is 2. The second-order valence-electron chi connectivity index (χ2n) is 6.71. The van der Waals surface area contributed by atoms with Crippen LogP contribution < -0.4 is 10.9 Å². The average Bonchev–Trinajstić information content (AvgIpc) is 2.90. The van der Waals surface area contributed by atoms with Crippen molar-refractivity contribution >= 4 is 27.7 Å². The molecule has 3 rings (SSSR count). The van der Waals surface area contributed by atoms with E-state index >= 15 is 0 Å². The van der Waals surface area contributed by atoms with Crippen LogP contribution in [-0.2, 0) is 18.4 Å². The number of carbonyl (C=O) groups is 1. The molecule has 0 atom stereocenters. The predicted molar refractivity (Wildman–Crippen MR) is 113 cm³/mol. The van der Waals surface area contributed by atoms with Crippen molar-refractivity contribution in [1.29, 1.82) is 0 Å². The summed E-state index contributed by atoms with van der Waals surface area (Å²) < 4.78 is 8.88. The van der Waals surface area contributed by atoms with Crippen LogP contribution >= 0.6 is 15.9 Å². The molecule has 0 aliphatic heterocycles. The molecule has 1 amide bonds. The first-order valence-electron chi connectivity index (χ1n) is 8.94. The molecule has 0 spiro atoms. The third-order valence-corrected chi connectivity index (χ3v) is 5.29. The fourth-order valence-corrected chi connectivity index (χ4v) is 3.41. The minimum atomic E-state index is -0.580. The number of ether oxygens (including phenoxy) is 1. The van der Waals surface area contributed by atoms with Crippen LogP contribution in [0.15, 0.2) is 63.9 Å². The predicted octanol–water partition coefficient (Wildman–Crippen LogP) is 4.81. The van der Waals surface area contributed by atoms with E-state index in [1.54, 1.807) is 11.7 Å². The van der Waals surface area contributed by atoms with E-state index in [1.165, 1.54) is 10.2 Å². The summed E-state index contributed by atoms with van der Waals surface area (Å²) in [5, 5.41) is 2.70. The minimum absolute atomic E-state index is 0.0396. The third kappa shape index (κ3) is 4.20. The Balaban J connectivity index is 1.71. The van der Waals surface area contributed by atoms with Crippen molar-refractivity contribution in [1.82, 2.24) is 9.36 Å². The molecular weight excluding hydrogens is 422 g/mol. The van der Waals surface area contributed by atoms with Crippen molar-refractivity contribution in [2.45, 2.75) is 26.4 Å². The highest BCUT2D eigenvalue weighted by atomic mass is 79.9. The molecule has 0 aliphatic rings. The maximum Gasteiger partial charge on any atom is 0.412 e. The van der Waals surface area contributed by atoms with Crippen LogP contribution in [0.1, 0.15) is 31.0 Å². The molecule has 1 N–H and O–H groups in total. The van der Waals surface area contributed by atoms with Gasteiger partial charge in [-0.25, -0.2) is 9.48 Å². The van der Waals surface area contributed by atoms with Gasteiger partial charge < -0.3 is 4.74 Å². The number of rotatable bonds is 5. The maximum absolute atomic E-state index is 12.6. The Kier molecular flexibility index (Phi) is 6.04. The summed E-state index contributed by atoms with van der Waals surface area (Å²) in [5.41, 5.74) is 2.94. The van der Waals surface area contributed by atoms with Crippen molar-refractivity contribution in [2.24, 2.45) is 7.05 Å². The lowest BCUT2D eigenvalue weighted by Gasteiger charge is -2.11. The molecule has 28 heavy (non-hydrogen) atoms. The Hall–Kier alpha value is -2.80. The van der Waals surface area contributed by atoms with Crippen LogP contribution in [-0.4, -0.2) is 15.5 Å². The van der Waals surface area contributed by atoms with Crippen LogP contribution in [0, 0.1) is 0 Å². The number of benzene rings is 2. The zero-order valence-electron chi connectivity index (χ0n) is 16.0. The van der Waals surface area contributed by atoms with E-state index in [-0.39, 0.29) is 12.2 Å². The second-order valence-corrected chi connectivity index (χ2v) is 7.51. The lowest BCUT2D eigenvalue weighted by atomic mass is 10.0. The van der Waals surface area contributed by atoms with Gasteiger partial charge in [-0.1, -0.05) is 44.2 Å². The molecule has 0 radical (unpaired) electrons. The molecule has 0 saturated heterocycles. The van der Waals surface area contributed by atoms with E-state index in [2.05, 4.69) is 35.1 Å². The van der Waals surface area contributed by atoms with Gasteiger partial charge in [-0.05, 0) is 51.7 Å². The van der Waals surface area contributed by atoms with Gasteiger partial charge in [0.15, 0.2) is 0 Å². The lowest BCUT2D eigenvalue weighted by Crippen LogP contribution is -2.20. The van der Waals surface area contributed by atoms with Gasteiger partial charge in [-0.2, -0.15) is 0 Å². The smallest absolute Gasteiger partial charge is 0.412 e. The molecule has 0 unspecified atom stereocenters. The molecule has 3 aromatic rings. The van der Waals surface area contributed by atoms with Crippen LogP contribution in [0.4, 0.5) is 10.5 Å². The monoisotopic (exact) mass is 443 g/mol. The highest BCUT2D eigenvalue weighted by molar-refractivity contribution is 9.10. The summed E-state index contributed by atoms with van der Waals surface area (Å²) in [4.78, 5) is 24.7. The molecule has 0 aliphatic carbocycles. The fraction of sp³-hybridized carbons (Fsp3) is 0.238. The summed E-state index contributed by atoms with van der Waals surface area (Å²) in [6.45, 7) is 4.18. The number of nitrogens with zero attached hydrogens (tertiary/aromatic N) is 2. The average molecular weight is 444 g/mol. The van der Waals surface area contributed by atoms with E-state index in [0.717, 1.165) is 5.69 Å². The van der Waals surface area contributed by atoms with Gasteiger partial charge in [0.25, 0.3) is 5.56 Å². The van der Waals surface area contributed by atoms with E-state index in [4.69, 9.17) is 4.74 Å². The molecule has 0 bridgehead atoms. The first-order chi connectivity index (χ1) is 13.4. The Morgan fingerprint density at radius 3 is 2.36 bits per heavy atom. The summed E-state index contributed by atoms with van der Waals surface area (Å²) in [6, 6.07) is 16.9. The number of amides is 1. The molecule has 146 valence electrons. The molecule has 0 fully saturated rings. The van der Waals surface area contributed by atoms with Crippen LogP contribution in [0.3, 0.4) is 0 Å². The lowest BCUT2D eigenvalue weighted by molar-refractivity contribution is 0.151. The van der Waals surface area contributed by atoms with Crippen molar-refractivity contribution in [3.8, 4) is 5.69 Å². The zero-order chi connectivity index (χ0) is 20.3. The number of anilines is 1. The summed E-state index contributed by atoms with van der Waals surface area (Å²) in [7, 11) is 1.75. The van der Waals surface area contributed by atoms with Gasteiger partial charge in [-0.3, -0.25) is 14.8 Å². The Labute approximate surface area is 171 Å². The Morgan fingerprint density at radius 2 is 1.75 bits per heavy atom. The highest BCUT2D eigenvalue weighted by Gasteiger charge is 2.18. The molecular formula is C21H22BrN3O3. The topological polar surface area (TPSA) is 65.3 Å². The highest BCUT2D eigenvalue weighted by Crippen LogP contribution is 2.19. The van der Waals surface area contributed by atoms with Gasteiger partial charge in [0, 0.05) is 12.7 Å². The van der Waals surface area contributed by atoms with Crippen LogP contribution in [0.5, 0.6) is 0 Å². The summed E-state index contributed by atoms with van der Waals surface area (Å²) in [5.74, 6) is 0.424. The first-order valence-corrected chi connectivity index (χ1v) is 9.73. The van der Waals surface area contributed by atoms with Gasteiger partial charge in [0.1, 0.15) is 11.1 Å². The fourth-order valence-electron chi connectivity index (χ4n) is 2.87. The van der Waals surface area contributed by atoms with E-state index in [1.807, 2.05) is 54.6 Å². The summed E-state index contributed by atoms with van der Waals surface area (Å²) in [6.07, 6.45) is -0.580. The number of halogens is 1. The minimum Gasteiger partial charge on any atom is -0.443 e. The zero-order valence-corrected chi connectivity index (χ0v) is 17.6. The molecule has 2 aromatic carbocycles. The van der Waals surface area contributed by atoms with Crippen molar-refractivity contribution in [3.05, 3.63) is 80.7 Å². The van der Waals surface area contributed by atoms with Crippen LogP contribution in [0.25, 0.3) is 5.69 Å². The third-order valence-electron chi connectivity index (χ3n) is 4.49. The number of carbonyl (C=O) groups excluding carboxylic acids is 1. The Bertz CT molecular complexity index is 1020. The number of hydrogen-bond donors (Lipinski definition) is 1. The normalized spacial score (nSPS) is 10.9. The van der Waals surface area contributed by atoms with E-state index in [9.17, 15) is 9.59 Å². The molecule has 1 heterocycles. The van der Waals surface area contributed by atoms with Crippen molar-refractivity contribution < 1.29 is 9.53 Å². The van der Waals surface area contributed by atoms with Gasteiger partial charge in [0.2, 0.25) is 0 Å². The van der Waals surface area contributed by atoms with Crippen molar-refractivity contribution in [2.75, 3.05) is 5.32 Å². The second kappa shape index (κ2) is 8.48. The molecule has 1 aromatic heterocycles. The van der Waals surface area contributed by atoms with Crippen molar-refractivity contribution in [3.63, 3.8) is 0 Å². The number of hydrogen-bond acceptors (Lipinski definition) is 3. The summed E-state index contributed by atoms with van der Waals surface area (Å²) >= 11 is 3.32. The molecule has 6 nitrogen and oxygen atoms in total. The SMILES string of the molecule is CC(C)c1ccc(NC(=O)OCc2c(Br)c(=O)n(-c3ccccc3)n2C)cc1. The van der Waals surface area contributed by atoms with Crippen LogP contribution in [0.2, 0.25) is 0 Å². The maximum atomic E-state index is 12.6. The van der Waals surface area contributed by atoms with Gasteiger partial charge in [-0.15, -0.1) is 0 Å². The standard InChI is InChI=1S/C21H22BrN3O3/c1-14(2)15-9-11-16(12-10-15)23-21(27)28-13-18-19(22)20(26)25(24(18)3)17-7-5-4-6-8-17/h4-12,14H,13H2,1-3H3,(H,23,27). The molecule has 0 saturated carbocycles. The quantitative estimate of drug-likeness (QED) is 0.614. The Morgan fingerprint density at radius 1 is 1.11 bits per heavy atom. The molecule has 7 heteroatoms. The van der Waals surface area contributed by atoms with Gasteiger partial charge >= 0.3 is 6.09 Å².